The van der Waals surface area contributed by atoms with E-state index in [1.807, 2.05) is 37.3 Å². The van der Waals surface area contributed by atoms with Crippen LogP contribution in [0.25, 0.3) is 0 Å². The van der Waals surface area contributed by atoms with E-state index in [1.165, 1.54) is 11.3 Å². The van der Waals surface area contributed by atoms with E-state index in [0.29, 0.717) is 23.7 Å². The molecule has 1 fully saturated rings. The van der Waals surface area contributed by atoms with E-state index in [2.05, 4.69) is 21.6 Å². The maximum absolute atomic E-state index is 13.0. The largest absolute Gasteiger partial charge is 0.326 e. The minimum atomic E-state index is -0.304. The lowest BCUT2D eigenvalue weighted by atomic mass is 9.94. The van der Waals surface area contributed by atoms with Crippen LogP contribution in [0.5, 0.6) is 0 Å². The van der Waals surface area contributed by atoms with Crippen LogP contribution >= 0.6 is 11.3 Å². The molecule has 2 amide bonds. The van der Waals surface area contributed by atoms with Crippen molar-refractivity contribution in [3.63, 3.8) is 0 Å². The van der Waals surface area contributed by atoms with E-state index in [9.17, 15) is 14.9 Å². The van der Waals surface area contributed by atoms with Crippen LogP contribution in [0.2, 0.25) is 0 Å². The molecule has 1 aliphatic carbocycles. The molecule has 7 heteroatoms. The lowest BCUT2D eigenvalue weighted by Crippen LogP contribution is -2.47. The second-order valence-electron chi connectivity index (χ2n) is 8.71. The fraction of sp³-hybridized carbons (Fsp3) is 0.480. The molecule has 2 heterocycles. The van der Waals surface area contributed by atoms with Gasteiger partial charge in [-0.1, -0.05) is 24.6 Å². The van der Waals surface area contributed by atoms with Gasteiger partial charge >= 0.3 is 0 Å². The van der Waals surface area contributed by atoms with Crippen molar-refractivity contribution in [2.75, 3.05) is 23.7 Å². The number of fused-ring (bicyclic) bond motifs is 1. The lowest BCUT2D eigenvalue weighted by Gasteiger charge is -2.34. The Morgan fingerprint density at radius 1 is 1.09 bits per heavy atom. The van der Waals surface area contributed by atoms with Gasteiger partial charge in [0, 0.05) is 16.5 Å². The third-order valence-electron chi connectivity index (χ3n) is 6.64. The minimum Gasteiger partial charge on any atom is -0.326 e. The van der Waals surface area contributed by atoms with Crippen LogP contribution in [0.3, 0.4) is 0 Å². The summed E-state index contributed by atoms with van der Waals surface area (Å²) in [5, 5.41) is 16.4. The molecule has 1 aromatic carbocycles. The third kappa shape index (κ3) is 5.03. The molecule has 1 aliphatic heterocycles. The summed E-state index contributed by atoms with van der Waals surface area (Å²) in [7, 11) is 0. The van der Waals surface area contributed by atoms with Crippen LogP contribution < -0.4 is 10.6 Å². The lowest BCUT2D eigenvalue weighted by molar-refractivity contribution is -0.123. The summed E-state index contributed by atoms with van der Waals surface area (Å²) in [4.78, 5) is 28.9. The zero-order valence-electron chi connectivity index (χ0n) is 18.5. The van der Waals surface area contributed by atoms with Crippen molar-refractivity contribution in [1.82, 2.24) is 4.90 Å². The highest BCUT2D eigenvalue weighted by Crippen LogP contribution is 2.37. The fourth-order valence-electron chi connectivity index (χ4n) is 4.65. The van der Waals surface area contributed by atoms with E-state index in [4.69, 9.17) is 0 Å². The highest BCUT2D eigenvalue weighted by atomic mass is 32.1. The molecular weight excluding hydrogens is 420 g/mol. The number of nitrogens with zero attached hydrogens (tertiary/aromatic N) is 2. The molecular formula is C25H30N4O2S. The smallest absolute Gasteiger partial charge is 0.242 e. The van der Waals surface area contributed by atoms with E-state index in [1.54, 1.807) is 11.3 Å². The number of amides is 2. The highest BCUT2D eigenvalue weighted by molar-refractivity contribution is 7.16. The summed E-state index contributed by atoms with van der Waals surface area (Å²) < 4.78 is 0. The number of hydrogen-bond acceptors (Lipinski definition) is 5. The Hall–Kier alpha value is -2.69. The van der Waals surface area contributed by atoms with Crippen LogP contribution in [0, 0.1) is 17.2 Å². The molecule has 2 aromatic rings. The van der Waals surface area contributed by atoms with Gasteiger partial charge < -0.3 is 10.6 Å². The molecule has 2 aliphatic rings. The Labute approximate surface area is 193 Å². The third-order valence-corrected chi connectivity index (χ3v) is 7.85. The van der Waals surface area contributed by atoms with Gasteiger partial charge in [-0.25, -0.2) is 0 Å². The molecule has 0 radical (unpaired) electrons. The summed E-state index contributed by atoms with van der Waals surface area (Å²) in [5.41, 5.74) is 2.61. The monoisotopic (exact) mass is 450 g/mol. The van der Waals surface area contributed by atoms with Crippen molar-refractivity contribution < 1.29 is 9.59 Å². The predicted octanol–water partition coefficient (Wildman–Crippen LogP) is 4.57. The summed E-state index contributed by atoms with van der Waals surface area (Å²) in [6, 6.07) is 11.5. The molecule has 6 nitrogen and oxygen atoms in total. The van der Waals surface area contributed by atoms with Gasteiger partial charge in [0.1, 0.15) is 11.1 Å². The van der Waals surface area contributed by atoms with Gasteiger partial charge in [-0.05, 0) is 76.2 Å². The molecule has 0 saturated carbocycles. The molecule has 168 valence electrons. The number of carbonyl (C=O) groups is 2. The molecule has 0 spiro atoms. The van der Waals surface area contributed by atoms with Crippen molar-refractivity contribution in [1.29, 1.82) is 5.26 Å². The van der Waals surface area contributed by atoms with Gasteiger partial charge in [-0.3, -0.25) is 14.5 Å². The zero-order valence-corrected chi connectivity index (χ0v) is 19.3. The first-order valence-electron chi connectivity index (χ1n) is 11.5. The molecule has 1 saturated heterocycles. The number of anilines is 2. The maximum Gasteiger partial charge on any atom is 0.242 e. The first-order chi connectivity index (χ1) is 15.6. The highest BCUT2D eigenvalue weighted by Gasteiger charge is 2.31. The standard InChI is InChI=1S/C25H30N4O2S/c1-17(23(30)28-25-21(16-26)20-10-6-3-7-11-22(20)32-25)29-14-12-18(13-15-29)24(31)27-19-8-4-2-5-9-19/h2,4-5,8-9,17-18H,3,6-7,10-15H2,1H3,(H,27,31)(H,28,30)/t17-/m0/s1. The number of thiophene rings is 1. The molecule has 1 aromatic heterocycles. The normalized spacial score (nSPS) is 18.1. The van der Waals surface area contributed by atoms with E-state index in [-0.39, 0.29) is 23.8 Å². The number of benzene rings is 1. The quantitative estimate of drug-likeness (QED) is 0.654. The number of nitriles is 1. The Morgan fingerprint density at radius 2 is 1.81 bits per heavy atom. The van der Waals surface area contributed by atoms with Crippen molar-refractivity contribution in [2.45, 2.75) is 57.9 Å². The van der Waals surface area contributed by atoms with Crippen LogP contribution in [-0.4, -0.2) is 35.8 Å². The Balaban J connectivity index is 1.33. The number of para-hydroxylation sites is 1. The van der Waals surface area contributed by atoms with Gasteiger partial charge in [0.2, 0.25) is 11.8 Å². The summed E-state index contributed by atoms with van der Waals surface area (Å²) in [5.74, 6) is -0.0725. The molecule has 0 bridgehead atoms. The van der Waals surface area contributed by atoms with Crippen molar-refractivity contribution in [3.05, 3.63) is 46.3 Å². The topological polar surface area (TPSA) is 85.2 Å². The first-order valence-corrected chi connectivity index (χ1v) is 12.3. The van der Waals surface area contributed by atoms with Crippen LogP contribution in [0.15, 0.2) is 30.3 Å². The second-order valence-corrected chi connectivity index (χ2v) is 9.82. The van der Waals surface area contributed by atoms with Crippen molar-refractivity contribution in [3.8, 4) is 6.07 Å². The first kappa shape index (κ1) is 22.5. The van der Waals surface area contributed by atoms with E-state index in [0.717, 1.165) is 49.8 Å². The van der Waals surface area contributed by atoms with Gasteiger partial charge in [-0.15, -0.1) is 11.3 Å². The van der Waals surface area contributed by atoms with Gasteiger partial charge in [0.25, 0.3) is 0 Å². The van der Waals surface area contributed by atoms with Crippen LogP contribution in [-0.2, 0) is 22.4 Å². The summed E-state index contributed by atoms with van der Waals surface area (Å²) >= 11 is 1.57. The Bertz CT molecular complexity index is 1000. The maximum atomic E-state index is 13.0. The SMILES string of the molecule is C[C@@H](C(=O)Nc1sc2c(c1C#N)CCCCC2)N1CCC(C(=O)Nc2ccccc2)CC1. The number of hydrogen-bond donors (Lipinski definition) is 2. The second kappa shape index (κ2) is 10.3. The molecule has 32 heavy (non-hydrogen) atoms. The number of piperidine rings is 1. The average molecular weight is 451 g/mol. The number of aryl methyl sites for hydroxylation is 1. The predicted molar refractivity (Wildman–Crippen MR) is 128 cm³/mol. The summed E-state index contributed by atoms with van der Waals surface area (Å²) in [6.07, 6.45) is 6.84. The summed E-state index contributed by atoms with van der Waals surface area (Å²) in [6.45, 7) is 3.31. The number of rotatable bonds is 5. The zero-order chi connectivity index (χ0) is 22.5. The number of likely N-dealkylation sites (tertiary alicyclic amines) is 1. The molecule has 0 unspecified atom stereocenters. The average Bonchev–Trinajstić information content (AvgIpc) is 2.97. The Morgan fingerprint density at radius 3 is 2.53 bits per heavy atom. The van der Waals surface area contributed by atoms with E-state index >= 15 is 0 Å². The van der Waals surface area contributed by atoms with Gasteiger partial charge in [-0.2, -0.15) is 5.26 Å². The van der Waals surface area contributed by atoms with E-state index < -0.39 is 0 Å². The number of nitrogens with one attached hydrogen (secondary N) is 2. The number of carbonyl (C=O) groups excluding carboxylic acids is 2. The van der Waals surface area contributed by atoms with Crippen LogP contribution in [0.1, 0.15) is 55.0 Å². The van der Waals surface area contributed by atoms with Crippen LogP contribution in [0.4, 0.5) is 10.7 Å². The van der Waals surface area contributed by atoms with Gasteiger partial charge in [0.05, 0.1) is 11.6 Å². The Kier molecular flexibility index (Phi) is 7.23. The van der Waals surface area contributed by atoms with Crippen molar-refractivity contribution >= 4 is 33.8 Å². The molecule has 1 atom stereocenters. The molecule has 2 N–H and O–H groups in total. The minimum absolute atomic E-state index is 0.0418. The fourth-order valence-corrected chi connectivity index (χ4v) is 5.89. The van der Waals surface area contributed by atoms with Gasteiger partial charge in [0.15, 0.2) is 0 Å². The van der Waals surface area contributed by atoms with Crippen molar-refractivity contribution in [2.24, 2.45) is 5.92 Å². The molecule has 4 rings (SSSR count).